The average Bonchev–Trinajstić information content (AvgIpc) is 2.90. The number of aryl methyl sites for hydroxylation is 2. The van der Waals surface area contributed by atoms with Crippen LogP contribution in [0.2, 0.25) is 0 Å². The molecule has 0 saturated heterocycles. The lowest BCUT2D eigenvalue weighted by Gasteiger charge is -2.50. The number of likely N-dealkylation sites (N-methyl/N-ethyl adjacent to an activating group) is 1. The number of aromatic hydroxyl groups is 1. The monoisotopic (exact) mass is 548 g/mol. The Morgan fingerprint density at radius 3 is 2.50 bits per heavy atom. The van der Waals surface area contributed by atoms with Crippen LogP contribution in [-0.4, -0.2) is 75.6 Å². The highest BCUT2D eigenvalue weighted by atomic mass is 16.5. The van der Waals surface area contributed by atoms with Crippen LogP contribution in [0, 0.1) is 11.8 Å². The molecule has 0 spiro atoms. The number of nitrogens with zero attached hydrogens (tertiary/aromatic N) is 1. The first-order valence-electron chi connectivity index (χ1n) is 13.0. The van der Waals surface area contributed by atoms with Crippen molar-refractivity contribution in [2.45, 2.75) is 37.3 Å². The zero-order chi connectivity index (χ0) is 29.1. The molecule has 5 rings (SSSR count). The minimum Gasteiger partial charge on any atom is -0.508 e. The quantitative estimate of drug-likeness (QED) is 0.338. The van der Waals surface area contributed by atoms with Gasteiger partial charge in [0, 0.05) is 11.5 Å². The molecule has 10 nitrogen and oxygen atoms in total. The largest absolute Gasteiger partial charge is 0.508 e. The molecule has 2 aromatic rings. The van der Waals surface area contributed by atoms with Gasteiger partial charge in [-0.05, 0) is 80.6 Å². The summed E-state index contributed by atoms with van der Waals surface area (Å²) >= 11 is 0. The number of phenolic OH excluding ortho intramolecular Hbond substituents is 1. The number of Topliss-reactive ketones (excluding diaryl/α,β-unsaturated/α-hetero) is 2. The highest BCUT2D eigenvalue weighted by molar-refractivity contribution is 6.24. The Morgan fingerprint density at radius 1 is 1.12 bits per heavy atom. The summed E-state index contributed by atoms with van der Waals surface area (Å²) in [4.78, 5) is 40.7. The lowest BCUT2D eigenvalue weighted by Crippen LogP contribution is -2.65. The van der Waals surface area contributed by atoms with Crippen molar-refractivity contribution in [1.29, 1.82) is 0 Å². The Hall–Kier alpha value is -4.15. The fourth-order valence-corrected chi connectivity index (χ4v) is 6.65. The van der Waals surface area contributed by atoms with Crippen molar-refractivity contribution in [1.82, 2.24) is 4.90 Å². The smallest absolute Gasteiger partial charge is 0.255 e. The summed E-state index contributed by atoms with van der Waals surface area (Å²) in [6.45, 7) is 0. The fraction of sp³-hybridized carbons (Fsp3) is 0.367. The van der Waals surface area contributed by atoms with E-state index in [0.717, 1.165) is 16.9 Å². The van der Waals surface area contributed by atoms with Crippen LogP contribution in [0.25, 0.3) is 5.76 Å². The summed E-state index contributed by atoms with van der Waals surface area (Å²) in [5.41, 5.74) is 4.41. The maximum absolute atomic E-state index is 13.9. The molecule has 2 aromatic carbocycles. The van der Waals surface area contributed by atoms with E-state index < -0.39 is 58.0 Å². The number of amides is 1. The third-order valence-electron chi connectivity index (χ3n) is 8.52. The van der Waals surface area contributed by atoms with E-state index >= 15 is 0 Å². The molecule has 4 atom stereocenters. The van der Waals surface area contributed by atoms with Crippen LogP contribution in [0.15, 0.2) is 53.3 Å². The van der Waals surface area contributed by atoms with Gasteiger partial charge in [0.25, 0.3) is 5.91 Å². The standard InChI is InChI=1S/C30H32N2O8/c1-32(2)24-19-13-16-12-18-15(8-7-14-5-4-6-17(11-14)40-3)9-10-20(33)22(18)25(34)21(16)27(36)30(19,39)28(37)23(26(24)35)29(31)38/h4-6,9-11,16,19,24,33-34,37,39H,7-8,12-13H2,1-3H3,(H2,31,38). The molecule has 0 aliphatic heterocycles. The average molecular weight is 549 g/mol. The van der Waals surface area contributed by atoms with E-state index in [9.17, 15) is 34.8 Å². The molecular weight excluding hydrogens is 516 g/mol. The van der Waals surface area contributed by atoms with Crippen molar-refractivity contribution in [2.75, 3.05) is 21.2 Å². The molecule has 1 amide bonds. The Labute approximate surface area is 231 Å². The number of primary amides is 1. The number of benzene rings is 2. The van der Waals surface area contributed by atoms with Gasteiger partial charge in [-0.1, -0.05) is 18.2 Å². The van der Waals surface area contributed by atoms with E-state index in [4.69, 9.17) is 10.5 Å². The minimum atomic E-state index is -2.65. The maximum atomic E-state index is 13.9. The molecule has 3 aliphatic rings. The molecule has 40 heavy (non-hydrogen) atoms. The summed E-state index contributed by atoms with van der Waals surface area (Å²) in [7, 11) is 4.74. The van der Waals surface area contributed by atoms with Gasteiger partial charge in [0.2, 0.25) is 5.78 Å². The maximum Gasteiger partial charge on any atom is 0.255 e. The predicted octanol–water partition coefficient (Wildman–Crippen LogP) is 1.76. The molecule has 4 unspecified atom stereocenters. The number of fused-ring (bicyclic) bond motifs is 3. The Morgan fingerprint density at radius 2 is 1.85 bits per heavy atom. The third kappa shape index (κ3) is 3.98. The van der Waals surface area contributed by atoms with E-state index in [2.05, 4.69) is 0 Å². The number of carbonyl (C=O) groups excluding carboxylic acids is 3. The minimum absolute atomic E-state index is 0.0523. The van der Waals surface area contributed by atoms with E-state index in [0.29, 0.717) is 18.4 Å². The molecule has 0 bridgehead atoms. The van der Waals surface area contributed by atoms with Crippen LogP contribution >= 0.6 is 0 Å². The first-order valence-corrected chi connectivity index (χ1v) is 13.0. The number of nitrogens with two attached hydrogens (primary N) is 1. The first kappa shape index (κ1) is 27.4. The molecule has 210 valence electrons. The van der Waals surface area contributed by atoms with Gasteiger partial charge in [0.1, 0.15) is 28.6 Å². The summed E-state index contributed by atoms with van der Waals surface area (Å²) in [6.07, 6.45) is 1.55. The summed E-state index contributed by atoms with van der Waals surface area (Å²) < 4.78 is 5.31. The number of ketones is 2. The van der Waals surface area contributed by atoms with Crippen LogP contribution in [0.5, 0.6) is 11.5 Å². The Kier molecular flexibility index (Phi) is 6.71. The molecule has 1 saturated carbocycles. The number of hydrogen-bond acceptors (Lipinski definition) is 9. The molecule has 6 N–H and O–H groups in total. The topological polar surface area (TPSA) is 171 Å². The highest BCUT2D eigenvalue weighted by Gasteiger charge is 2.64. The Balaban J connectivity index is 1.60. The van der Waals surface area contributed by atoms with Crippen molar-refractivity contribution >= 4 is 23.2 Å². The number of ether oxygens (including phenoxy) is 1. The summed E-state index contributed by atoms with van der Waals surface area (Å²) in [5.74, 6) is -5.86. The number of hydrogen-bond donors (Lipinski definition) is 5. The van der Waals surface area contributed by atoms with Gasteiger partial charge in [-0.15, -0.1) is 0 Å². The second kappa shape index (κ2) is 9.79. The molecule has 3 aliphatic carbocycles. The SMILES string of the molecule is COc1cccc(CCc2ccc(O)c3c2CC2CC4C(N(C)C)C(=O)C(C(N)=O)=C(O)C4(O)C(=O)C2=C3O)c1. The molecule has 0 heterocycles. The molecule has 10 heteroatoms. The van der Waals surface area contributed by atoms with Crippen LogP contribution < -0.4 is 10.5 Å². The van der Waals surface area contributed by atoms with Gasteiger partial charge >= 0.3 is 0 Å². The number of rotatable bonds is 6. The number of aliphatic hydroxyl groups is 3. The number of aliphatic hydroxyl groups excluding tert-OH is 2. The summed E-state index contributed by atoms with van der Waals surface area (Å²) in [5, 5.41) is 44.8. The fourth-order valence-electron chi connectivity index (χ4n) is 6.65. The second-order valence-corrected chi connectivity index (χ2v) is 10.9. The molecule has 0 radical (unpaired) electrons. The van der Waals surface area contributed by atoms with Crippen molar-refractivity contribution in [2.24, 2.45) is 17.6 Å². The zero-order valence-electron chi connectivity index (χ0n) is 22.5. The van der Waals surface area contributed by atoms with Gasteiger partial charge in [-0.3, -0.25) is 19.3 Å². The number of methoxy groups -OCH3 is 1. The van der Waals surface area contributed by atoms with E-state index in [1.165, 1.54) is 11.0 Å². The van der Waals surface area contributed by atoms with Crippen LogP contribution in [-0.2, 0) is 33.6 Å². The van der Waals surface area contributed by atoms with Gasteiger partial charge in [-0.2, -0.15) is 0 Å². The van der Waals surface area contributed by atoms with Crippen molar-refractivity contribution in [3.05, 3.63) is 75.6 Å². The van der Waals surface area contributed by atoms with Crippen molar-refractivity contribution < 1.29 is 39.5 Å². The molecule has 1 fully saturated rings. The van der Waals surface area contributed by atoms with Gasteiger partial charge < -0.3 is 30.9 Å². The first-order chi connectivity index (χ1) is 18.9. The lowest BCUT2D eigenvalue weighted by molar-refractivity contribution is -0.153. The molecular formula is C30H32N2O8. The van der Waals surface area contributed by atoms with Crippen LogP contribution in [0.3, 0.4) is 0 Å². The predicted molar refractivity (Wildman–Crippen MR) is 145 cm³/mol. The molecule has 0 aromatic heterocycles. The van der Waals surface area contributed by atoms with E-state index in [-0.39, 0.29) is 29.7 Å². The summed E-state index contributed by atoms with van der Waals surface area (Å²) in [6, 6.07) is 9.79. The van der Waals surface area contributed by atoms with Crippen LogP contribution in [0.1, 0.15) is 28.7 Å². The lowest BCUT2D eigenvalue weighted by atomic mass is 9.57. The van der Waals surface area contributed by atoms with Crippen LogP contribution in [0.4, 0.5) is 0 Å². The van der Waals surface area contributed by atoms with Crippen molar-refractivity contribution in [3.8, 4) is 11.5 Å². The second-order valence-electron chi connectivity index (χ2n) is 10.9. The normalized spacial score (nSPS) is 26.0. The Bertz CT molecular complexity index is 1510. The van der Waals surface area contributed by atoms with Crippen molar-refractivity contribution in [3.63, 3.8) is 0 Å². The number of phenols is 1. The van der Waals surface area contributed by atoms with E-state index in [1.54, 1.807) is 27.3 Å². The van der Waals surface area contributed by atoms with Gasteiger partial charge in [0.05, 0.1) is 18.7 Å². The number of carbonyl (C=O) groups is 3. The zero-order valence-corrected chi connectivity index (χ0v) is 22.5. The van der Waals surface area contributed by atoms with Gasteiger partial charge in [0.15, 0.2) is 11.4 Å². The van der Waals surface area contributed by atoms with Gasteiger partial charge in [-0.25, -0.2) is 0 Å². The third-order valence-corrected chi connectivity index (χ3v) is 8.52. The highest BCUT2D eigenvalue weighted by Crippen LogP contribution is 2.53. The van der Waals surface area contributed by atoms with E-state index in [1.807, 2.05) is 24.3 Å².